The molecule has 0 saturated carbocycles. The van der Waals surface area contributed by atoms with Crippen molar-refractivity contribution < 1.29 is 23.6 Å². The summed E-state index contributed by atoms with van der Waals surface area (Å²) in [5.74, 6) is -1.16. The fourth-order valence-electron chi connectivity index (χ4n) is 9.31. The van der Waals surface area contributed by atoms with Gasteiger partial charge in [-0.15, -0.1) is 0 Å². The smallest absolute Gasteiger partial charge is 0.275 e. The summed E-state index contributed by atoms with van der Waals surface area (Å²) in [7, 11) is 0. The summed E-state index contributed by atoms with van der Waals surface area (Å²) >= 11 is 0. The van der Waals surface area contributed by atoms with Crippen molar-refractivity contribution in [2.45, 2.75) is 76.4 Å². The largest absolute Gasteiger partial charge is 0.382 e. The standard InChI is InChI=1S/C41H48FN11O4/c42-30-18-29-26(23-52(41(29)57)34-4-5-38(54)47-40(34)56)17-35(30)51-14-6-25(7-15-51)22-49-12-8-28(9-13-49)53-24-27-16-32(46-39(55)33-20-45-37(43)21-44-33)36(19-31(27)48-53)50-10-2-1-3-11-50/h16-21,24-25,28,34H,1-15,22-23H2,(H2,43,45)(H,46,55)(H,47,54,56). The van der Waals surface area contributed by atoms with Gasteiger partial charge in [-0.2, -0.15) is 5.10 Å². The van der Waals surface area contributed by atoms with Gasteiger partial charge in [0.05, 0.1) is 41.0 Å². The molecule has 9 rings (SSSR count). The van der Waals surface area contributed by atoms with Crippen molar-refractivity contribution >= 4 is 57.4 Å². The van der Waals surface area contributed by atoms with Crippen molar-refractivity contribution in [2.24, 2.45) is 5.92 Å². The number of hydrogen-bond donors (Lipinski definition) is 3. The molecule has 4 fully saturated rings. The molecule has 7 heterocycles. The lowest BCUT2D eigenvalue weighted by atomic mass is 9.94. The number of imide groups is 1. The van der Waals surface area contributed by atoms with Crippen LogP contribution >= 0.6 is 0 Å². The number of anilines is 4. The summed E-state index contributed by atoms with van der Waals surface area (Å²) < 4.78 is 17.6. The van der Waals surface area contributed by atoms with Gasteiger partial charge in [-0.05, 0) is 87.1 Å². The van der Waals surface area contributed by atoms with E-state index in [4.69, 9.17) is 10.8 Å². The van der Waals surface area contributed by atoms with Crippen LogP contribution in [0.5, 0.6) is 0 Å². The molecule has 5 aliphatic heterocycles. The lowest BCUT2D eigenvalue weighted by molar-refractivity contribution is -0.136. The van der Waals surface area contributed by atoms with Crippen molar-refractivity contribution in [3.8, 4) is 0 Å². The number of nitrogens with zero attached hydrogens (tertiary/aromatic N) is 8. The molecule has 16 heteroatoms. The Balaban J connectivity index is 0.804. The predicted molar refractivity (Wildman–Crippen MR) is 212 cm³/mol. The molecule has 0 radical (unpaired) electrons. The van der Waals surface area contributed by atoms with Crippen LogP contribution in [0, 0.1) is 11.7 Å². The number of carbonyl (C=O) groups is 4. The van der Waals surface area contributed by atoms with Crippen LogP contribution in [-0.2, 0) is 16.1 Å². The second kappa shape index (κ2) is 15.4. The third kappa shape index (κ3) is 7.49. The molecule has 298 valence electrons. The molecule has 0 spiro atoms. The Labute approximate surface area is 329 Å². The van der Waals surface area contributed by atoms with Crippen LogP contribution in [0.2, 0.25) is 0 Å². The van der Waals surface area contributed by atoms with Gasteiger partial charge in [0.15, 0.2) is 0 Å². The molecule has 4 amide bonds. The number of rotatable bonds is 8. The quantitative estimate of drug-likeness (QED) is 0.220. The minimum atomic E-state index is -0.723. The first-order valence-electron chi connectivity index (χ1n) is 20.3. The Morgan fingerprint density at radius 2 is 1.65 bits per heavy atom. The lowest BCUT2D eigenvalue weighted by Gasteiger charge is -2.38. The van der Waals surface area contributed by atoms with Crippen molar-refractivity contribution in [3.63, 3.8) is 0 Å². The van der Waals surface area contributed by atoms with E-state index in [1.165, 1.54) is 29.8 Å². The number of nitrogens with two attached hydrogens (primary N) is 1. The van der Waals surface area contributed by atoms with E-state index in [0.29, 0.717) is 17.2 Å². The molecule has 4 N–H and O–H groups in total. The minimum absolute atomic E-state index is 0.179. The van der Waals surface area contributed by atoms with E-state index < -0.39 is 17.8 Å². The predicted octanol–water partition coefficient (Wildman–Crippen LogP) is 4.10. The molecule has 15 nitrogen and oxygen atoms in total. The van der Waals surface area contributed by atoms with E-state index in [1.807, 2.05) is 6.07 Å². The molecule has 4 saturated heterocycles. The van der Waals surface area contributed by atoms with Crippen LogP contribution in [-0.4, -0.2) is 105 Å². The summed E-state index contributed by atoms with van der Waals surface area (Å²) in [5, 5.41) is 11.4. The van der Waals surface area contributed by atoms with E-state index in [1.54, 1.807) is 6.07 Å². The van der Waals surface area contributed by atoms with Crippen molar-refractivity contribution in [1.29, 1.82) is 0 Å². The number of halogens is 1. The van der Waals surface area contributed by atoms with Crippen LogP contribution in [0.1, 0.15) is 90.2 Å². The number of hydrogen-bond acceptors (Lipinski definition) is 11. The maximum absolute atomic E-state index is 15.5. The lowest BCUT2D eigenvalue weighted by Crippen LogP contribution is -2.52. The first kappa shape index (κ1) is 37.0. The number of piperidine rings is 4. The van der Waals surface area contributed by atoms with Crippen molar-refractivity contribution in [1.82, 2.24) is 34.9 Å². The fraction of sp³-hybridized carbons (Fsp3) is 0.488. The number of carbonyl (C=O) groups excluding carboxylic acids is 4. The highest BCUT2D eigenvalue weighted by atomic mass is 19.1. The maximum atomic E-state index is 15.5. The van der Waals surface area contributed by atoms with Crippen molar-refractivity contribution in [3.05, 3.63) is 65.5 Å². The molecule has 0 aliphatic carbocycles. The summed E-state index contributed by atoms with van der Waals surface area (Å²) in [6, 6.07) is 6.78. The molecule has 0 bridgehead atoms. The number of benzene rings is 2. The summed E-state index contributed by atoms with van der Waals surface area (Å²) in [6.45, 7) is 6.50. The Bertz CT molecular complexity index is 2210. The van der Waals surface area contributed by atoms with E-state index in [-0.39, 0.29) is 54.7 Å². The maximum Gasteiger partial charge on any atom is 0.275 e. The van der Waals surface area contributed by atoms with E-state index in [0.717, 1.165) is 112 Å². The molecule has 57 heavy (non-hydrogen) atoms. The third-order valence-corrected chi connectivity index (χ3v) is 12.5. The number of amides is 4. The van der Waals surface area contributed by atoms with Gasteiger partial charge in [0.2, 0.25) is 11.8 Å². The number of nitrogen functional groups attached to an aromatic ring is 1. The van der Waals surface area contributed by atoms with Gasteiger partial charge in [-0.1, -0.05) is 0 Å². The highest BCUT2D eigenvalue weighted by Crippen LogP contribution is 2.37. The van der Waals surface area contributed by atoms with Gasteiger partial charge >= 0.3 is 0 Å². The summed E-state index contributed by atoms with van der Waals surface area (Å²) in [5.41, 5.74) is 10.0. The number of likely N-dealkylation sites (tertiary alicyclic amines) is 1. The van der Waals surface area contributed by atoms with Crippen molar-refractivity contribution in [2.75, 3.05) is 66.7 Å². The van der Waals surface area contributed by atoms with Gasteiger partial charge in [0.1, 0.15) is 23.4 Å². The Morgan fingerprint density at radius 1 is 0.877 bits per heavy atom. The second-order valence-electron chi connectivity index (χ2n) is 16.2. The first-order chi connectivity index (χ1) is 27.7. The Hall–Kier alpha value is -5.64. The van der Waals surface area contributed by atoms with Gasteiger partial charge in [-0.25, -0.2) is 14.4 Å². The average molecular weight is 778 g/mol. The number of fused-ring (bicyclic) bond motifs is 2. The Morgan fingerprint density at radius 3 is 2.39 bits per heavy atom. The normalized spacial score (nSPS) is 21.3. The number of aromatic nitrogens is 4. The van der Waals surface area contributed by atoms with Crippen LogP contribution in [0.3, 0.4) is 0 Å². The Kier molecular flexibility index (Phi) is 9.97. The summed E-state index contributed by atoms with van der Waals surface area (Å²) in [6.07, 6.45) is 12.6. The highest BCUT2D eigenvalue weighted by molar-refractivity contribution is 6.07. The monoisotopic (exact) mass is 777 g/mol. The zero-order chi connectivity index (χ0) is 39.2. The van der Waals surface area contributed by atoms with E-state index in [2.05, 4.69) is 52.2 Å². The molecule has 2 aromatic carbocycles. The SMILES string of the molecule is Nc1cnc(C(=O)Nc2cc3cn(C4CCN(CC5CCN(c6cc7c(cc6F)C(=O)N(C6CCC(=O)NC6=O)C7)CC5)CC4)nc3cc2N2CCCCC2)cn1. The topological polar surface area (TPSA) is 175 Å². The zero-order valence-corrected chi connectivity index (χ0v) is 32.0. The van der Waals surface area contributed by atoms with E-state index in [9.17, 15) is 19.2 Å². The zero-order valence-electron chi connectivity index (χ0n) is 32.0. The molecular weight excluding hydrogens is 730 g/mol. The third-order valence-electron chi connectivity index (χ3n) is 12.5. The average Bonchev–Trinajstić information content (AvgIpc) is 3.78. The number of nitrogens with one attached hydrogen (secondary N) is 2. The molecule has 1 atom stereocenters. The van der Waals surface area contributed by atoms with Crippen LogP contribution < -0.4 is 26.2 Å². The first-order valence-corrected chi connectivity index (χ1v) is 20.3. The molecule has 5 aliphatic rings. The van der Waals surface area contributed by atoms with Crippen LogP contribution in [0.25, 0.3) is 10.9 Å². The van der Waals surface area contributed by atoms with Crippen LogP contribution in [0.4, 0.5) is 27.3 Å². The second-order valence-corrected chi connectivity index (χ2v) is 16.2. The molecule has 1 unspecified atom stereocenters. The molecule has 4 aromatic rings. The van der Waals surface area contributed by atoms with Gasteiger partial charge in [0, 0.05) is 75.9 Å². The van der Waals surface area contributed by atoms with E-state index >= 15 is 4.39 Å². The fourth-order valence-corrected chi connectivity index (χ4v) is 9.31. The highest BCUT2D eigenvalue weighted by Gasteiger charge is 2.40. The molecular formula is C41H48FN11O4. The van der Waals surface area contributed by atoms with Crippen LogP contribution in [0.15, 0.2) is 42.9 Å². The van der Waals surface area contributed by atoms with Gasteiger partial charge in [0.25, 0.3) is 11.8 Å². The molecule has 2 aromatic heterocycles. The minimum Gasteiger partial charge on any atom is -0.382 e. The summed E-state index contributed by atoms with van der Waals surface area (Å²) in [4.78, 5) is 67.0. The van der Waals surface area contributed by atoms with Gasteiger partial charge in [-0.3, -0.25) is 29.2 Å². The van der Waals surface area contributed by atoms with Gasteiger partial charge < -0.3 is 30.7 Å².